The number of piperidine rings is 1. The summed E-state index contributed by atoms with van der Waals surface area (Å²) >= 11 is 6.71. The summed E-state index contributed by atoms with van der Waals surface area (Å²) in [5.74, 6) is 0.597. The SMILES string of the molecule is C[C@@H]1Cc2cncc(F)c2CN1c1nc(OC[C@@H]2CCCCN2C)nc2c1CCN(c1cccc3cccc(Cl)c13)C2. The first-order valence-electron chi connectivity index (χ1n) is 15.0. The van der Waals surface area contributed by atoms with Gasteiger partial charge in [-0.2, -0.15) is 9.97 Å². The van der Waals surface area contributed by atoms with Crippen LogP contribution in [0.25, 0.3) is 10.8 Å². The zero-order valence-electron chi connectivity index (χ0n) is 24.2. The summed E-state index contributed by atoms with van der Waals surface area (Å²) in [4.78, 5) is 21.1. The highest BCUT2D eigenvalue weighted by atomic mass is 35.5. The van der Waals surface area contributed by atoms with Gasteiger partial charge in [0, 0.05) is 53.6 Å². The van der Waals surface area contributed by atoms with Crippen LogP contribution in [0.1, 0.15) is 48.6 Å². The van der Waals surface area contributed by atoms with Crippen LogP contribution >= 0.6 is 11.6 Å². The number of fused-ring (bicyclic) bond motifs is 3. The molecule has 2 atom stereocenters. The Morgan fingerprint density at radius 3 is 2.74 bits per heavy atom. The number of ether oxygens (including phenoxy) is 1. The van der Waals surface area contributed by atoms with E-state index in [0.717, 1.165) is 70.1 Å². The average molecular weight is 587 g/mol. The number of halogens is 2. The molecule has 2 aromatic carbocycles. The maximum atomic E-state index is 14.9. The Hall–Kier alpha value is -3.49. The Kier molecular flexibility index (Phi) is 7.36. The Labute approximate surface area is 251 Å². The predicted molar refractivity (Wildman–Crippen MR) is 165 cm³/mol. The first-order chi connectivity index (χ1) is 20.5. The number of nitrogens with zero attached hydrogens (tertiary/aromatic N) is 6. The first-order valence-corrected chi connectivity index (χ1v) is 15.4. The lowest BCUT2D eigenvalue weighted by molar-refractivity contribution is 0.119. The van der Waals surface area contributed by atoms with Crippen molar-refractivity contribution in [3.8, 4) is 6.01 Å². The number of benzene rings is 2. The molecule has 7 rings (SSSR count). The Bertz CT molecular complexity index is 1630. The molecule has 0 bridgehead atoms. The third-order valence-corrected chi connectivity index (χ3v) is 9.58. The van der Waals surface area contributed by atoms with Crippen LogP contribution in [0.3, 0.4) is 0 Å². The molecule has 42 heavy (non-hydrogen) atoms. The largest absolute Gasteiger partial charge is 0.462 e. The van der Waals surface area contributed by atoms with Gasteiger partial charge in [-0.3, -0.25) is 4.98 Å². The summed E-state index contributed by atoms with van der Waals surface area (Å²) in [6.07, 6.45) is 8.13. The number of hydrogen-bond donors (Lipinski definition) is 0. The summed E-state index contributed by atoms with van der Waals surface area (Å²) in [6, 6.07) is 13.2. The Balaban J connectivity index is 1.26. The smallest absolute Gasteiger partial charge is 0.318 e. The molecular formula is C33H36ClFN6O. The van der Waals surface area contributed by atoms with Crippen LogP contribution in [0, 0.1) is 5.82 Å². The van der Waals surface area contributed by atoms with Gasteiger partial charge in [-0.1, -0.05) is 42.3 Å². The number of likely N-dealkylation sites (tertiary alicyclic amines) is 1. The minimum Gasteiger partial charge on any atom is -0.462 e. The van der Waals surface area contributed by atoms with E-state index >= 15 is 0 Å². The predicted octanol–water partition coefficient (Wildman–Crippen LogP) is 6.19. The van der Waals surface area contributed by atoms with Crippen molar-refractivity contribution in [3.63, 3.8) is 0 Å². The van der Waals surface area contributed by atoms with Crippen molar-refractivity contribution in [2.75, 3.05) is 36.5 Å². The first kappa shape index (κ1) is 27.3. The van der Waals surface area contributed by atoms with Gasteiger partial charge >= 0.3 is 6.01 Å². The van der Waals surface area contributed by atoms with Gasteiger partial charge in [0.1, 0.15) is 18.2 Å². The van der Waals surface area contributed by atoms with Gasteiger partial charge in [0.25, 0.3) is 0 Å². The zero-order chi connectivity index (χ0) is 28.8. The maximum Gasteiger partial charge on any atom is 0.318 e. The van der Waals surface area contributed by atoms with Gasteiger partial charge in [-0.05, 0) is 69.3 Å². The van der Waals surface area contributed by atoms with E-state index in [1.807, 2.05) is 12.1 Å². The van der Waals surface area contributed by atoms with Crippen molar-refractivity contribution in [3.05, 3.63) is 82.0 Å². The van der Waals surface area contributed by atoms with E-state index in [0.29, 0.717) is 43.7 Å². The van der Waals surface area contributed by atoms with Crippen LogP contribution in [-0.2, 0) is 25.9 Å². The molecule has 0 radical (unpaired) electrons. The van der Waals surface area contributed by atoms with E-state index in [2.05, 4.69) is 57.9 Å². The third-order valence-electron chi connectivity index (χ3n) is 9.26. The average Bonchev–Trinajstić information content (AvgIpc) is 3.00. The fourth-order valence-electron chi connectivity index (χ4n) is 6.85. The number of hydrogen-bond acceptors (Lipinski definition) is 7. The molecule has 4 aromatic rings. The monoisotopic (exact) mass is 586 g/mol. The van der Waals surface area contributed by atoms with Crippen LogP contribution < -0.4 is 14.5 Å². The Morgan fingerprint density at radius 1 is 1.02 bits per heavy atom. The molecule has 1 fully saturated rings. The normalized spacial score (nSPS) is 20.9. The number of aromatic nitrogens is 3. The second kappa shape index (κ2) is 11.3. The van der Waals surface area contributed by atoms with Gasteiger partial charge in [-0.25, -0.2) is 4.39 Å². The summed E-state index contributed by atoms with van der Waals surface area (Å²) in [5.41, 5.74) is 4.84. The van der Waals surface area contributed by atoms with E-state index < -0.39 is 0 Å². The van der Waals surface area contributed by atoms with E-state index in [9.17, 15) is 4.39 Å². The van der Waals surface area contributed by atoms with Crippen LogP contribution in [0.2, 0.25) is 5.02 Å². The molecule has 0 unspecified atom stereocenters. The summed E-state index contributed by atoms with van der Waals surface area (Å²) in [7, 11) is 2.16. The molecule has 218 valence electrons. The van der Waals surface area contributed by atoms with Gasteiger partial charge < -0.3 is 19.4 Å². The summed E-state index contributed by atoms with van der Waals surface area (Å²) in [5, 5.41) is 2.92. The summed E-state index contributed by atoms with van der Waals surface area (Å²) in [6.45, 7) is 5.67. The fraction of sp³-hybridized carbons (Fsp3) is 0.424. The molecule has 7 nitrogen and oxygen atoms in total. The van der Waals surface area contributed by atoms with Crippen molar-refractivity contribution in [1.82, 2.24) is 19.9 Å². The number of rotatable bonds is 5. The van der Waals surface area contributed by atoms with E-state index in [4.69, 9.17) is 26.3 Å². The number of anilines is 2. The quantitative estimate of drug-likeness (QED) is 0.276. The molecule has 3 aliphatic heterocycles. The van der Waals surface area contributed by atoms with Crippen molar-refractivity contribution in [2.45, 2.75) is 64.2 Å². The van der Waals surface area contributed by atoms with E-state index in [-0.39, 0.29) is 11.9 Å². The molecule has 9 heteroatoms. The van der Waals surface area contributed by atoms with Crippen molar-refractivity contribution in [2.24, 2.45) is 0 Å². The minimum atomic E-state index is -0.261. The van der Waals surface area contributed by atoms with Crippen LogP contribution in [-0.4, -0.2) is 58.7 Å². The van der Waals surface area contributed by atoms with Crippen LogP contribution in [0.4, 0.5) is 15.9 Å². The lowest BCUT2D eigenvalue weighted by Gasteiger charge is -2.39. The Morgan fingerprint density at radius 2 is 1.88 bits per heavy atom. The molecule has 0 N–H and O–H groups in total. The van der Waals surface area contributed by atoms with Gasteiger partial charge in [0.2, 0.25) is 0 Å². The van der Waals surface area contributed by atoms with E-state index in [1.165, 1.54) is 19.0 Å². The highest BCUT2D eigenvalue weighted by Crippen LogP contribution is 2.38. The van der Waals surface area contributed by atoms with Crippen molar-refractivity contribution >= 4 is 33.9 Å². The lowest BCUT2D eigenvalue weighted by Crippen LogP contribution is -2.42. The van der Waals surface area contributed by atoms with Gasteiger partial charge in [0.15, 0.2) is 0 Å². The maximum absolute atomic E-state index is 14.9. The second-order valence-corrected chi connectivity index (χ2v) is 12.3. The third kappa shape index (κ3) is 5.05. The molecule has 0 spiro atoms. The zero-order valence-corrected chi connectivity index (χ0v) is 24.9. The second-order valence-electron chi connectivity index (χ2n) is 11.9. The molecule has 3 aliphatic rings. The van der Waals surface area contributed by atoms with Crippen molar-refractivity contribution < 1.29 is 9.13 Å². The molecule has 5 heterocycles. The van der Waals surface area contributed by atoms with Gasteiger partial charge in [-0.15, -0.1) is 0 Å². The minimum absolute atomic E-state index is 0.132. The van der Waals surface area contributed by atoms with E-state index in [1.54, 1.807) is 6.20 Å². The lowest BCUT2D eigenvalue weighted by atomic mass is 9.95. The molecule has 1 saturated heterocycles. The van der Waals surface area contributed by atoms with Crippen LogP contribution in [0.15, 0.2) is 48.8 Å². The molecule has 2 aromatic heterocycles. The standard InChI is InChI=1S/C33H36ClFN6O/c1-21-15-23-16-36-17-28(35)26(23)18-41(21)32-25-12-14-40(30-11-6-8-22-7-5-10-27(34)31(22)30)19-29(25)37-33(38-32)42-20-24-9-3-4-13-39(24)2/h5-8,10-11,16-17,21,24H,3-4,9,12-15,18-20H2,1-2H3/t21-,24+/m1/s1. The topological polar surface area (TPSA) is 57.6 Å². The number of pyridine rings is 1. The summed E-state index contributed by atoms with van der Waals surface area (Å²) < 4.78 is 21.3. The van der Waals surface area contributed by atoms with Crippen molar-refractivity contribution in [1.29, 1.82) is 0 Å². The molecule has 0 amide bonds. The number of likely N-dealkylation sites (N-methyl/N-ethyl adjacent to an activating group) is 1. The highest BCUT2D eigenvalue weighted by Gasteiger charge is 2.32. The molecule has 0 saturated carbocycles. The van der Waals surface area contributed by atoms with Gasteiger partial charge in [0.05, 0.1) is 23.5 Å². The highest BCUT2D eigenvalue weighted by molar-refractivity contribution is 6.36. The molecular weight excluding hydrogens is 551 g/mol. The van der Waals surface area contributed by atoms with Crippen LogP contribution in [0.5, 0.6) is 6.01 Å². The fourth-order valence-corrected chi connectivity index (χ4v) is 7.13. The molecule has 0 aliphatic carbocycles.